The van der Waals surface area contributed by atoms with Crippen molar-refractivity contribution in [3.8, 4) is 0 Å². The van der Waals surface area contributed by atoms with Crippen molar-refractivity contribution in [1.29, 1.82) is 0 Å². The predicted molar refractivity (Wildman–Crippen MR) is 425 cm³/mol. The summed E-state index contributed by atoms with van der Waals surface area (Å²) in [5.41, 5.74) is 0. The molecule has 0 rings (SSSR count). The van der Waals surface area contributed by atoms with Crippen molar-refractivity contribution < 1.29 is 24.5 Å². The number of aliphatic hydroxyl groups excluding tert-OH is 2. The largest absolute Gasteiger partial charge is 0.466 e. The Morgan fingerprint density at radius 2 is 0.521 bits per heavy atom. The number of carbonyl (C=O) groups is 2. The molecule has 0 heterocycles. The average molecular weight is 1350 g/mol. The van der Waals surface area contributed by atoms with Gasteiger partial charge in [0.25, 0.3) is 0 Å². The van der Waals surface area contributed by atoms with Crippen molar-refractivity contribution in [2.24, 2.45) is 0 Å². The molecular weight excluding hydrogens is 1170 g/mol. The summed E-state index contributed by atoms with van der Waals surface area (Å²) in [6.07, 6.45) is 115. The van der Waals surface area contributed by atoms with Gasteiger partial charge in [-0.25, -0.2) is 0 Å². The van der Waals surface area contributed by atoms with Gasteiger partial charge in [-0.1, -0.05) is 428 Å². The van der Waals surface area contributed by atoms with Crippen molar-refractivity contribution >= 4 is 11.9 Å². The maximum atomic E-state index is 12.6. The molecule has 6 heteroatoms. The van der Waals surface area contributed by atoms with Gasteiger partial charge in [0.15, 0.2) is 0 Å². The number of carbonyl (C=O) groups excluding carboxylic acids is 2. The van der Waals surface area contributed by atoms with E-state index in [0.29, 0.717) is 19.4 Å². The molecule has 0 aliphatic rings. The van der Waals surface area contributed by atoms with Gasteiger partial charge in [0.1, 0.15) is 0 Å². The standard InChI is InChI=1S/C90H169NO5/c1-3-5-7-9-11-13-15-17-19-21-23-24-44-47-50-54-58-62-66-70-74-78-82-88(93)87(86-92)91-89(94)83-79-75-71-67-63-59-55-51-48-45-42-40-38-36-34-32-30-28-26-25-27-29-31-33-35-37-39-41-43-46-49-53-57-61-65-69-73-77-81-85-96-90(95)84-80-76-72-68-64-60-56-52-22-20-18-16-14-12-10-8-6-4-2/h14,16,20,22,25-26,29,31,78,82,87-88,92-93H,3-13,15,17-19,21,23-24,27-28,30,32-77,79-81,83-86H2,1-2H3,(H,91,94)/b16-14-,22-20-,26-25-,31-29-,82-78+. The maximum absolute atomic E-state index is 12.6. The zero-order chi connectivity index (χ0) is 69.1. The quantitative estimate of drug-likeness (QED) is 0.0320. The second-order valence-corrected chi connectivity index (χ2v) is 29.9. The third kappa shape index (κ3) is 80.5. The number of ether oxygens (including phenoxy) is 1. The van der Waals surface area contributed by atoms with Crippen LogP contribution in [0.4, 0.5) is 0 Å². The van der Waals surface area contributed by atoms with E-state index >= 15 is 0 Å². The molecule has 0 spiro atoms. The predicted octanol–water partition coefficient (Wildman–Crippen LogP) is 29.3. The van der Waals surface area contributed by atoms with E-state index in [1.54, 1.807) is 6.08 Å². The third-order valence-corrected chi connectivity index (χ3v) is 20.3. The number of aliphatic hydroxyl groups is 2. The molecule has 2 unspecified atom stereocenters. The third-order valence-electron chi connectivity index (χ3n) is 20.3. The lowest BCUT2D eigenvalue weighted by atomic mass is 10.0. The SMILES string of the molecule is CCCCCC/C=C\C/C=C\CCCCCCCCCC(=O)OCCCCCCCCCCCCCCCCC/C=C\C/C=C\CCCCCCCCCCCCCCCCCCCC(=O)NC(CO)C(O)/C=C/CCCCCCCCCCCCCCCCCCCCCC. The minimum absolute atomic E-state index is 0.0133. The van der Waals surface area contributed by atoms with Gasteiger partial charge < -0.3 is 20.3 Å². The fraction of sp³-hybridized carbons (Fsp3) is 0.867. The van der Waals surface area contributed by atoms with E-state index in [0.717, 1.165) is 57.8 Å². The number of esters is 1. The van der Waals surface area contributed by atoms with Gasteiger partial charge in [-0.3, -0.25) is 9.59 Å². The first-order valence-corrected chi connectivity index (χ1v) is 43.6. The molecule has 564 valence electrons. The first kappa shape index (κ1) is 93.6. The Balaban J connectivity index is 3.37. The summed E-state index contributed by atoms with van der Waals surface area (Å²) in [7, 11) is 0. The number of allylic oxidation sites excluding steroid dienone is 9. The zero-order valence-electron chi connectivity index (χ0n) is 64.9. The summed E-state index contributed by atoms with van der Waals surface area (Å²) in [6, 6.07) is -0.628. The lowest BCUT2D eigenvalue weighted by Crippen LogP contribution is -2.45. The Bertz CT molecular complexity index is 1650. The molecule has 0 radical (unpaired) electrons. The minimum Gasteiger partial charge on any atom is -0.466 e. The van der Waals surface area contributed by atoms with Gasteiger partial charge >= 0.3 is 5.97 Å². The van der Waals surface area contributed by atoms with E-state index in [9.17, 15) is 19.8 Å². The summed E-state index contributed by atoms with van der Waals surface area (Å²) in [4.78, 5) is 24.7. The van der Waals surface area contributed by atoms with Gasteiger partial charge in [0, 0.05) is 12.8 Å². The topological polar surface area (TPSA) is 95.9 Å². The molecule has 0 aromatic rings. The molecule has 1 amide bonds. The van der Waals surface area contributed by atoms with Crippen LogP contribution in [0.25, 0.3) is 0 Å². The normalized spacial score (nSPS) is 12.8. The molecule has 0 fully saturated rings. The lowest BCUT2D eigenvalue weighted by Gasteiger charge is -2.20. The minimum atomic E-state index is -0.845. The van der Waals surface area contributed by atoms with E-state index < -0.39 is 12.1 Å². The summed E-state index contributed by atoms with van der Waals surface area (Å²) in [6.45, 7) is 4.93. The molecule has 0 aliphatic carbocycles. The Kier molecular flexibility index (Phi) is 82.8. The van der Waals surface area contributed by atoms with Gasteiger partial charge in [-0.05, 0) is 96.3 Å². The Hall–Kier alpha value is -2.44. The molecule has 2 atom stereocenters. The zero-order valence-corrected chi connectivity index (χ0v) is 64.9. The van der Waals surface area contributed by atoms with Crippen LogP contribution in [0.2, 0.25) is 0 Å². The number of rotatable bonds is 82. The van der Waals surface area contributed by atoms with Gasteiger partial charge in [0.05, 0.1) is 25.4 Å². The average Bonchev–Trinajstić information content (AvgIpc) is 2.36. The molecule has 6 nitrogen and oxygen atoms in total. The van der Waals surface area contributed by atoms with Crippen LogP contribution in [-0.2, 0) is 14.3 Å². The summed E-state index contributed by atoms with van der Waals surface area (Å²) in [5.74, 6) is -0.0471. The van der Waals surface area contributed by atoms with Crippen molar-refractivity contribution in [2.75, 3.05) is 13.2 Å². The van der Waals surface area contributed by atoms with E-state index in [2.05, 4.69) is 67.8 Å². The van der Waals surface area contributed by atoms with E-state index in [-0.39, 0.29) is 18.5 Å². The second-order valence-electron chi connectivity index (χ2n) is 29.9. The Morgan fingerprint density at radius 1 is 0.292 bits per heavy atom. The van der Waals surface area contributed by atoms with Gasteiger partial charge in [-0.15, -0.1) is 0 Å². The lowest BCUT2D eigenvalue weighted by molar-refractivity contribution is -0.143. The second kappa shape index (κ2) is 85.0. The molecule has 96 heavy (non-hydrogen) atoms. The smallest absolute Gasteiger partial charge is 0.305 e. The van der Waals surface area contributed by atoms with Crippen LogP contribution in [0.5, 0.6) is 0 Å². The monoisotopic (exact) mass is 1340 g/mol. The van der Waals surface area contributed by atoms with Crippen molar-refractivity contribution in [1.82, 2.24) is 5.32 Å². The highest BCUT2D eigenvalue weighted by Gasteiger charge is 2.18. The van der Waals surface area contributed by atoms with Crippen LogP contribution < -0.4 is 5.32 Å². The van der Waals surface area contributed by atoms with E-state index in [1.165, 1.54) is 392 Å². The fourth-order valence-electron chi connectivity index (χ4n) is 13.6. The first-order valence-electron chi connectivity index (χ1n) is 43.6. The van der Waals surface area contributed by atoms with Gasteiger partial charge in [0.2, 0.25) is 5.91 Å². The molecule has 0 saturated heterocycles. The first-order chi connectivity index (χ1) is 47.5. The van der Waals surface area contributed by atoms with Crippen LogP contribution in [0.15, 0.2) is 60.8 Å². The highest BCUT2D eigenvalue weighted by atomic mass is 16.5. The summed E-state index contributed by atoms with van der Waals surface area (Å²) >= 11 is 0. The molecular formula is C90H169NO5. The van der Waals surface area contributed by atoms with Crippen molar-refractivity contribution in [2.45, 2.75) is 488 Å². The van der Waals surface area contributed by atoms with Crippen molar-refractivity contribution in [3.63, 3.8) is 0 Å². The van der Waals surface area contributed by atoms with Crippen LogP contribution in [0.3, 0.4) is 0 Å². The van der Waals surface area contributed by atoms with Crippen molar-refractivity contribution in [3.05, 3.63) is 60.8 Å². The highest BCUT2D eigenvalue weighted by Crippen LogP contribution is 2.20. The molecule has 0 aliphatic heterocycles. The molecule has 3 N–H and O–H groups in total. The number of hydrogen-bond donors (Lipinski definition) is 3. The Morgan fingerprint density at radius 3 is 0.802 bits per heavy atom. The van der Waals surface area contributed by atoms with Crippen LogP contribution in [0, 0.1) is 0 Å². The van der Waals surface area contributed by atoms with Crippen LogP contribution in [-0.4, -0.2) is 47.4 Å². The van der Waals surface area contributed by atoms with E-state index in [1.807, 2.05) is 6.08 Å². The maximum Gasteiger partial charge on any atom is 0.305 e. The molecule has 0 aromatic carbocycles. The van der Waals surface area contributed by atoms with Crippen LogP contribution in [0.1, 0.15) is 476 Å². The highest BCUT2D eigenvalue weighted by molar-refractivity contribution is 5.76. The van der Waals surface area contributed by atoms with Gasteiger partial charge in [-0.2, -0.15) is 0 Å². The summed E-state index contributed by atoms with van der Waals surface area (Å²) < 4.78 is 5.51. The molecule has 0 aromatic heterocycles. The fourth-order valence-corrected chi connectivity index (χ4v) is 13.6. The number of amides is 1. The van der Waals surface area contributed by atoms with E-state index in [4.69, 9.17) is 4.74 Å². The molecule has 0 saturated carbocycles. The summed E-state index contributed by atoms with van der Waals surface area (Å²) in [5, 5.41) is 23.3. The number of hydrogen-bond acceptors (Lipinski definition) is 5. The number of nitrogens with one attached hydrogen (secondary N) is 1. The number of unbranched alkanes of at least 4 members (excludes halogenated alkanes) is 63. The van der Waals surface area contributed by atoms with Crippen LogP contribution >= 0.6 is 0 Å². The molecule has 0 bridgehead atoms. The Labute approximate surface area is 600 Å².